The third kappa shape index (κ3) is 4.06. The van der Waals surface area contributed by atoms with E-state index in [2.05, 4.69) is 4.74 Å². The highest BCUT2D eigenvalue weighted by molar-refractivity contribution is 5.89. The first-order valence-electron chi connectivity index (χ1n) is 6.69. The molecule has 1 aliphatic rings. The van der Waals surface area contributed by atoms with Gasteiger partial charge in [0.15, 0.2) is 0 Å². The van der Waals surface area contributed by atoms with Crippen LogP contribution >= 0.6 is 0 Å². The van der Waals surface area contributed by atoms with Crippen molar-refractivity contribution >= 4 is 11.9 Å². The first kappa shape index (κ1) is 14.5. The van der Waals surface area contributed by atoms with E-state index in [0.29, 0.717) is 24.2 Å². The smallest absolute Gasteiger partial charge is 0.337 e. The van der Waals surface area contributed by atoms with Crippen molar-refractivity contribution < 1.29 is 23.8 Å². The van der Waals surface area contributed by atoms with Crippen LogP contribution in [0.4, 0.5) is 0 Å². The number of esters is 2. The maximum absolute atomic E-state index is 11.7. The van der Waals surface area contributed by atoms with Gasteiger partial charge in [0.25, 0.3) is 0 Å². The monoisotopic (exact) mass is 278 g/mol. The highest BCUT2D eigenvalue weighted by Crippen LogP contribution is 2.18. The maximum atomic E-state index is 11.7. The second-order valence-corrected chi connectivity index (χ2v) is 4.66. The highest BCUT2D eigenvalue weighted by atomic mass is 16.5. The third-order valence-electron chi connectivity index (χ3n) is 3.20. The average Bonchev–Trinajstić information content (AvgIpc) is 2.98. The molecule has 1 fully saturated rings. The number of ether oxygens (including phenoxy) is 3. The van der Waals surface area contributed by atoms with Gasteiger partial charge in [0.2, 0.25) is 0 Å². The topological polar surface area (TPSA) is 61.8 Å². The summed E-state index contributed by atoms with van der Waals surface area (Å²) < 4.78 is 15.2. The molecule has 1 saturated heterocycles. The molecule has 0 aromatic heterocycles. The predicted molar refractivity (Wildman–Crippen MR) is 71.6 cm³/mol. The van der Waals surface area contributed by atoms with Crippen molar-refractivity contribution in [3.05, 3.63) is 29.8 Å². The summed E-state index contributed by atoms with van der Waals surface area (Å²) in [4.78, 5) is 22.9. The van der Waals surface area contributed by atoms with Crippen LogP contribution in [0, 0.1) is 0 Å². The van der Waals surface area contributed by atoms with Crippen molar-refractivity contribution in [3.8, 4) is 5.75 Å². The number of hydrogen-bond donors (Lipinski definition) is 0. The van der Waals surface area contributed by atoms with Crippen LogP contribution in [-0.2, 0) is 14.3 Å². The van der Waals surface area contributed by atoms with Gasteiger partial charge in [-0.15, -0.1) is 0 Å². The van der Waals surface area contributed by atoms with E-state index in [9.17, 15) is 9.59 Å². The van der Waals surface area contributed by atoms with Crippen LogP contribution in [0.2, 0.25) is 0 Å². The SMILES string of the molecule is COC(=O)c1ccc(OC(=O)CCC2CCCO2)cc1. The predicted octanol–water partition coefficient (Wildman–Crippen LogP) is 2.34. The Balaban J connectivity index is 1.80. The van der Waals surface area contributed by atoms with Crippen LogP contribution < -0.4 is 4.74 Å². The van der Waals surface area contributed by atoms with E-state index in [1.807, 2.05) is 0 Å². The van der Waals surface area contributed by atoms with Crippen LogP contribution in [0.5, 0.6) is 5.75 Å². The maximum Gasteiger partial charge on any atom is 0.337 e. The number of carbonyl (C=O) groups excluding carboxylic acids is 2. The minimum Gasteiger partial charge on any atom is -0.465 e. The summed E-state index contributed by atoms with van der Waals surface area (Å²) in [5.74, 6) is -0.275. The van der Waals surface area contributed by atoms with Gasteiger partial charge in [-0.25, -0.2) is 4.79 Å². The Morgan fingerprint density at radius 3 is 2.65 bits per heavy atom. The minimum absolute atomic E-state index is 0.184. The van der Waals surface area contributed by atoms with Crippen LogP contribution in [0.1, 0.15) is 36.0 Å². The second-order valence-electron chi connectivity index (χ2n) is 4.66. The number of rotatable bonds is 5. The summed E-state index contributed by atoms with van der Waals surface area (Å²) in [6.07, 6.45) is 3.29. The normalized spacial score (nSPS) is 17.8. The molecular formula is C15H18O5. The first-order chi connectivity index (χ1) is 9.69. The Morgan fingerprint density at radius 2 is 2.05 bits per heavy atom. The number of hydrogen-bond acceptors (Lipinski definition) is 5. The van der Waals surface area contributed by atoms with Crippen molar-refractivity contribution in [3.63, 3.8) is 0 Å². The largest absolute Gasteiger partial charge is 0.465 e. The minimum atomic E-state index is -0.416. The van der Waals surface area contributed by atoms with Crippen LogP contribution in [0.15, 0.2) is 24.3 Å². The van der Waals surface area contributed by atoms with Crippen molar-refractivity contribution in [2.75, 3.05) is 13.7 Å². The van der Waals surface area contributed by atoms with Crippen molar-refractivity contribution in [1.82, 2.24) is 0 Å². The number of carbonyl (C=O) groups is 2. The van der Waals surface area contributed by atoms with Gasteiger partial charge >= 0.3 is 11.9 Å². The Labute approximate surface area is 117 Å². The van der Waals surface area contributed by atoms with Gasteiger partial charge in [-0.05, 0) is 43.5 Å². The van der Waals surface area contributed by atoms with Gasteiger partial charge in [-0.1, -0.05) is 0 Å². The van der Waals surface area contributed by atoms with Gasteiger partial charge < -0.3 is 14.2 Å². The number of benzene rings is 1. The third-order valence-corrected chi connectivity index (χ3v) is 3.20. The Morgan fingerprint density at radius 1 is 1.30 bits per heavy atom. The lowest BCUT2D eigenvalue weighted by Gasteiger charge is -2.09. The van der Waals surface area contributed by atoms with E-state index in [1.54, 1.807) is 24.3 Å². The standard InChI is InChI=1S/C15H18O5/c1-18-15(17)11-4-6-13(7-5-11)20-14(16)9-8-12-3-2-10-19-12/h4-7,12H,2-3,8-10H2,1H3. The van der Waals surface area contributed by atoms with Gasteiger partial charge in [0, 0.05) is 13.0 Å². The fourth-order valence-corrected chi connectivity index (χ4v) is 2.11. The molecule has 5 nitrogen and oxygen atoms in total. The molecule has 0 aliphatic carbocycles. The fraction of sp³-hybridized carbons (Fsp3) is 0.467. The molecule has 1 aliphatic heterocycles. The molecule has 5 heteroatoms. The zero-order valence-corrected chi connectivity index (χ0v) is 11.5. The van der Waals surface area contributed by atoms with E-state index >= 15 is 0 Å². The molecule has 1 atom stereocenters. The first-order valence-corrected chi connectivity index (χ1v) is 6.69. The molecule has 2 rings (SSSR count). The van der Waals surface area contributed by atoms with E-state index in [0.717, 1.165) is 19.4 Å². The second kappa shape index (κ2) is 7.05. The molecule has 1 unspecified atom stereocenters. The molecule has 108 valence electrons. The molecule has 0 spiro atoms. The van der Waals surface area contributed by atoms with Gasteiger partial charge in [-0.3, -0.25) is 4.79 Å². The molecule has 1 aromatic rings. The molecule has 0 N–H and O–H groups in total. The summed E-state index contributed by atoms with van der Waals surface area (Å²) in [6, 6.07) is 6.29. The van der Waals surface area contributed by atoms with Gasteiger partial charge in [-0.2, -0.15) is 0 Å². The molecular weight excluding hydrogens is 260 g/mol. The van der Waals surface area contributed by atoms with Crippen LogP contribution in [-0.4, -0.2) is 31.8 Å². The van der Waals surface area contributed by atoms with Crippen LogP contribution in [0.25, 0.3) is 0 Å². The van der Waals surface area contributed by atoms with E-state index < -0.39 is 5.97 Å². The summed E-state index contributed by atoms with van der Waals surface area (Å²) >= 11 is 0. The average molecular weight is 278 g/mol. The van der Waals surface area contributed by atoms with Gasteiger partial charge in [0.05, 0.1) is 18.8 Å². The molecule has 1 heterocycles. The zero-order chi connectivity index (χ0) is 14.4. The Bertz CT molecular complexity index is 460. The zero-order valence-electron chi connectivity index (χ0n) is 11.5. The fourth-order valence-electron chi connectivity index (χ4n) is 2.11. The molecule has 20 heavy (non-hydrogen) atoms. The van der Waals surface area contributed by atoms with Crippen LogP contribution in [0.3, 0.4) is 0 Å². The molecule has 0 amide bonds. The van der Waals surface area contributed by atoms with Gasteiger partial charge in [0.1, 0.15) is 5.75 Å². The summed E-state index contributed by atoms with van der Waals surface area (Å²) in [5, 5.41) is 0. The molecule has 0 radical (unpaired) electrons. The molecule has 0 saturated carbocycles. The summed E-state index contributed by atoms with van der Waals surface area (Å²) in [5.41, 5.74) is 0.423. The van der Waals surface area contributed by atoms with E-state index in [-0.39, 0.29) is 12.1 Å². The lowest BCUT2D eigenvalue weighted by atomic mass is 10.1. The molecule has 0 bridgehead atoms. The summed E-state index contributed by atoms with van der Waals surface area (Å²) in [6.45, 7) is 0.786. The van der Waals surface area contributed by atoms with Crippen molar-refractivity contribution in [2.24, 2.45) is 0 Å². The lowest BCUT2D eigenvalue weighted by Crippen LogP contribution is -2.13. The highest BCUT2D eigenvalue weighted by Gasteiger charge is 2.17. The van der Waals surface area contributed by atoms with E-state index in [4.69, 9.17) is 9.47 Å². The van der Waals surface area contributed by atoms with Crippen molar-refractivity contribution in [1.29, 1.82) is 0 Å². The Kier molecular flexibility index (Phi) is 5.12. The quantitative estimate of drug-likeness (QED) is 0.611. The molecule has 1 aromatic carbocycles. The number of methoxy groups -OCH3 is 1. The van der Waals surface area contributed by atoms with Crippen molar-refractivity contribution in [2.45, 2.75) is 31.8 Å². The lowest BCUT2D eigenvalue weighted by molar-refractivity contribution is -0.135. The van der Waals surface area contributed by atoms with E-state index in [1.165, 1.54) is 7.11 Å². The Hall–Kier alpha value is -1.88. The summed E-state index contributed by atoms with van der Waals surface area (Å²) in [7, 11) is 1.32.